The van der Waals surface area contributed by atoms with E-state index in [1.807, 2.05) is 18.2 Å². The van der Waals surface area contributed by atoms with Crippen LogP contribution in [0.3, 0.4) is 0 Å². The number of rotatable bonds is 6. The number of nitrogens with zero attached hydrogens (tertiary/aromatic N) is 1. The van der Waals surface area contributed by atoms with Gasteiger partial charge >= 0.3 is 5.97 Å². The third-order valence-corrected chi connectivity index (χ3v) is 4.30. The van der Waals surface area contributed by atoms with Crippen LogP contribution in [0.4, 0.5) is 5.69 Å². The predicted molar refractivity (Wildman–Crippen MR) is 102 cm³/mol. The summed E-state index contributed by atoms with van der Waals surface area (Å²) in [5.41, 5.74) is 2.54. The number of anilines is 1. The fourth-order valence-corrected chi connectivity index (χ4v) is 2.85. The SMILES string of the molecule is C=C1c2ccccc2C(=O)N1CCC(=O)OC(C)C(=O)Nc1ccccc1. The van der Waals surface area contributed by atoms with Gasteiger partial charge in [0.15, 0.2) is 6.10 Å². The second-order valence-electron chi connectivity index (χ2n) is 6.19. The van der Waals surface area contributed by atoms with Crippen molar-refractivity contribution < 1.29 is 19.1 Å². The van der Waals surface area contributed by atoms with Gasteiger partial charge in [0.05, 0.1) is 6.42 Å². The molecule has 27 heavy (non-hydrogen) atoms. The molecule has 3 rings (SSSR count). The molecule has 0 radical (unpaired) electrons. The summed E-state index contributed by atoms with van der Waals surface area (Å²) < 4.78 is 5.17. The van der Waals surface area contributed by atoms with Gasteiger partial charge in [-0.2, -0.15) is 0 Å². The molecule has 138 valence electrons. The van der Waals surface area contributed by atoms with Gasteiger partial charge in [0.25, 0.3) is 11.8 Å². The second-order valence-corrected chi connectivity index (χ2v) is 6.19. The number of carbonyl (C=O) groups is 3. The van der Waals surface area contributed by atoms with E-state index in [0.29, 0.717) is 16.9 Å². The Morgan fingerprint density at radius 2 is 1.70 bits per heavy atom. The highest BCUT2D eigenvalue weighted by Gasteiger charge is 2.31. The molecule has 1 heterocycles. The Kier molecular flexibility index (Phi) is 5.35. The fraction of sp³-hybridized carbons (Fsp3) is 0.190. The highest BCUT2D eigenvalue weighted by atomic mass is 16.5. The molecule has 0 spiro atoms. The largest absolute Gasteiger partial charge is 0.452 e. The molecule has 6 nitrogen and oxygen atoms in total. The Labute approximate surface area is 157 Å². The number of fused-ring (bicyclic) bond motifs is 1. The van der Waals surface area contributed by atoms with Crippen molar-refractivity contribution in [2.24, 2.45) is 0 Å². The third-order valence-electron chi connectivity index (χ3n) is 4.30. The number of para-hydroxylation sites is 1. The highest BCUT2D eigenvalue weighted by molar-refractivity contribution is 6.08. The van der Waals surface area contributed by atoms with Crippen molar-refractivity contribution >= 4 is 29.2 Å². The lowest BCUT2D eigenvalue weighted by molar-refractivity contribution is -0.153. The topological polar surface area (TPSA) is 75.7 Å². The first kappa shape index (κ1) is 18.4. The fourth-order valence-electron chi connectivity index (χ4n) is 2.85. The average molecular weight is 364 g/mol. The number of ether oxygens (including phenoxy) is 1. The van der Waals surface area contributed by atoms with Crippen molar-refractivity contribution in [2.45, 2.75) is 19.4 Å². The molecule has 0 aromatic heterocycles. The minimum atomic E-state index is -0.938. The van der Waals surface area contributed by atoms with Crippen molar-refractivity contribution in [3.63, 3.8) is 0 Å². The Balaban J connectivity index is 1.51. The molecule has 0 saturated heterocycles. The second kappa shape index (κ2) is 7.86. The van der Waals surface area contributed by atoms with Crippen LogP contribution in [0.2, 0.25) is 0 Å². The summed E-state index contributed by atoms with van der Waals surface area (Å²) in [7, 11) is 0. The van der Waals surface area contributed by atoms with Crippen molar-refractivity contribution in [1.82, 2.24) is 4.90 Å². The molecule has 0 aliphatic carbocycles. The van der Waals surface area contributed by atoms with Gasteiger partial charge < -0.3 is 15.0 Å². The van der Waals surface area contributed by atoms with Gasteiger partial charge in [-0.25, -0.2) is 0 Å². The summed E-state index contributed by atoms with van der Waals surface area (Å²) in [5, 5.41) is 2.68. The number of hydrogen-bond donors (Lipinski definition) is 1. The van der Waals surface area contributed by atoms with Gasteiger partial charge in [-0.05, 0) is 25.1 Å². The van der Waals surface area contributed by atoms with Gasteiger partial charge in [0.2, 0.25) is 0 Å². The number of carbonyl (C=O) groups excluding carboxylic acids is 3. The zero-order chi connectivity index (χ0) is 19.4. The van der Waals surface area contributed by atoms with Crippen molar-refractivity contribution in [3.05, 3.63) is 72.3 Å². The Morgan fingerprint density at radius 3 is 2.37 bits per heavy atom. The van der Waals surface area contributed by atoms with E-state index in [4.69, 9.17) is 4.74 Å². The van der Waals surface area contributed by atoms with E-state index in [-0.39, 0.29) is 18.9 Å². The first-order valence-corrected chi connectivity index (χ1v) is 8.63. The predicted octanol–water partition coefficient (Wildman–Crippen LogP) is 3.07. The van der Waals surface area contributed by atoms with Crippen LogP contribution in [0.1, 0.15) is 29.3 Å². The summed E-state index contributed by atoms with van der Waals surface area (Å²) in [6.45, 7) is 5.59. The summed E-state index contributed by atoms with van der Waals surface area (Å²) >= 11 is 0. The van der Waals surface area contributed by atoms with Crippen LogP contribution < -0.4 is 5.32 Å². The normalized spacial score (nSPS) is 13.9. The monoisotopic (exact) mass is 364 g/mol. The molecular weight excluding hydrogens is 344 g/mol. The molecular formula is C21H20N2O4. The van der Waals surface area contributed by atoms with Crippen molar-refractivity contribution in [1.29, 1.82) is 0 Å². The van der Waals surface area contributed by atoms with Crippen LogP contribution in [-0.4, -0.2) is 35.3 Å². The van der Waals surface area contributed by atoms with E-state index in [2.05, 4.69) is 11.9 Å². The van der Waals surface area contributed by atoms with E-state index < -0.39 is 18.0 Å². The lowest BCUT2D eigenvalue weighted by Gasteiger charge is -2.18. The van der Waals surface area contributed by atoms with Crippen LogP contribution in [0.25, 0.3) is 5.70 Å². The highest BCUT2D eigenvalue weighted by Crippen LogP contribution is 2.31. The molecule has 1 atom stereocenters. The van der Waals surface area contributed by atoms with Crippen LogP contribution in [0, 0.1) is 0 Å². The molecule has 1 aliphatic rings. The number of esters is 1. The van der Waals surface area contributed by atoms with E-state index in [1.54, 1.807) is 36.4 Å². The molecule has 2 amide bonds. The van der Waals surface area contributed by atoms with Gasteiger partial charge in [-0.3, -0.25) is 14.4 Å². The zero-order valence-electron chi connectivity index (χ0n) is 15.0. The van der Waals surface area contributed by atoms with Gasteiger partial charge in [0.1, 0.15) is 0 Å². The lowest BCUT2D eigenvalue weighted by atomic mass is 10.1. The Bertz CT molecular complexity index is 857. The molecule has 2 aromatic rings. The summed E-state index contributed by atoms with van der Waals surface area (Å²) in [6, 6.07) is 16.1. The average Bonchev–Trinajstić information content (AvgIpc) is 2.91. The first-order chi connectivity index (χ1) is 13.0. The summed E-state index contributed by atoms with van der Waals surface area (Å²) in [4.78, 5) is 38.0. The minimum absolute atomic E-state index is 0.0261. The van der Waals surface area contributed by atoms with E-state index in [1.165, 1.54) is 11.8 Å². The number of amides is 2. The molecule has 0 saturated carbocycles. The van der Waals surface area contributed by atoms with Crippen LogP contribution in [-0.2, 0) is 14.3 Å². The molecule has 1 aliphatic heterocycles. The summed E-state index contributed by atoms with van der Waals surface area (Å²) in [5.74, 6) is -1.15. The standard InChI is InChI=1S/C21H20N2O4/c1-14-17-10-6-7-11-18(17)21(26)23(14)13-12-19(24)27-15(2)20(25)22-16-8-4-3-5-9-16/h3-11,15H,1,12-13H2,2H3,(H,22,25). The maximum atomic E-state index is 12.4. The maximum absolute atomic E-state index is 12.4. The van der Waals surface area contributed by atoms with Gasteiger partial charge in [-0.15, -0.1) is 0 Å². The van der Waals surface area contributed by atoms with E-state index >= 15 is 0 Å². The van der Waals surface area contributed by atoms with Gasteiger partial charge in [0, 0.05) is 29.1 Å². The Morgan fingerprint density at radius 1 is 1.07 bits per heavy atom. The third kappa shape index (κ3) is 4.06. The van der Waals surface area contributed by atoms with Crippen LogP contribution >= 0.6 is 0 Å². The zero-order valence-corrected chi connectivity index (χ0v) is 15.0. The van der Waals surface area contributed by atoms with Crippen LogP contribution in [0.5, 0.6) is 0 Å². The quantitative estimate of drug-likeness (QED) is 0.800. The first-order valence-electron chi connectivity index (χ1n) is 8.63. The van der Waals surface area contributed by atoms with E-state index in [9.17, 15) is 14.4 Å². The molecule has 1 N–H and O–H groups in total. The summed E-state index contributed by atoms with van der Waals surface area (Å²) in [6.07, 6.45) is -0.964. The lowest BCUT2D eigenvalue weighted by Crippen LogP contribution is -2.32. The van der Waals surface area contributed by atoms with Crippen LogP contribution in [0.15, 0.2) is 61.2 Å². The molecule has 1 unspecified atom stereocenters. The Hall–Kier alpha value is -3.41. The molecule has 0 bridgehead atoms. The minimum Gasteiger partial charge on any atom is -0.452 e. The number of benzene rings is 2. The maximum Gasteiger partial charge on any atom is 0.308 e. The smallest absolute Gasteiger partial charge is 0.308 e. The molecule has 0 fully saturated rings. The van der Waals surface area contributed by atoms with Crippen molar-refractivity contribution in [3.8, 4) is 0 Å². The van der Waals surface area contributed by atoms with E-state index in [0.717, 1.165) is 5.56 Å². The van der Waals surface area contributed by atoms with Gasteiger partial charge in [-0.1, -0.05) is 43.0 Å². The molecule has 6 heteroatoms. The van der Waals surface area contributed by atoms with Crippen molar-refractivity contribution in [2.75, 3.05) is 11.9 Å². The number of nitrogens with one attached hydrogen (secondary N) is 1. The molecule has 2 aromatic carbocycles. The number of hydrogen-bond acceptors (Lipinski definition) is 4.